The second kappa shape index (κ2) is 5.09. The van der Waals surface area contributed by atoms with E-state index in [1.807, 2.05) is 20.8 Å². The molecule has 0 unspecified atom stereocenters. The Kier molecular flexibility index (Phi) is 3.92. The summed E-state index contributed by atoms with van der Waals surface area (Å²) in [5, 5.41) is 7.35. The highest BCUT2D eigenvalue weighted by Crippen LogP contribution is 2.31. The minimum Gasteiger partial charge on any atom is -0.290 e. The molecule has 0 spiro atoms. The molecule has 2 rings (SSSR count). The largest absolute Gasteiger partial charge is 0.296 e. The number of aromatic nitrogens is 4. The molecule has 0 saturated carbocycles. The van der Waals surface area contributed by atoms with Gasteiger partial charge in [0.1, 0.15) is 5.69 Å². The maximum Gasteiger partial charge on any atom is 0.296 e. The van der Waals surface area contributed by atoms with Crippen molar-refractivity contribution in [2.24, 2.45) is 0 Å². The van der Waals surface area contributed by atoms with Gasteiger partial charge in [-0.25, -0.2) is 8.42 Å². The summed E-state index contributed by atoms with van der Waals surface area (Å²) in [7, 11) is 1.43. The normalized spacial score (nSPS) is 12.7. The first kappa shape index (κ1) is 15.4. The van der Waals surface area contributed by atoms with Crippen molar-refractivity contribution in [1.82, 2.24) is 19.7 Å². The zero-order valence-corrected chi connectivity index (χ0v) is 14.2. The third-order valence-corrected chi connectivity index (χ3v) is 4.25. The molecule has 0 aliphatic rings. The van der Waals surface area contributed by atoms with Crippen LogP contribution >= 0.6 is 26.6 Å². The number of rotatable bonds is 2. The fraction of sp³-hybridized carbons (Fsp3) is 0.364. The van der Waals surface area contributed by atoms with Crippen molar-refractivity contribution in [3.05, 3.63) is 22.8 Å². The summed E-state index contributed by atoms with van der Waals surface area (Å²) in [6, 6.07) is 3.55. The Labute approximate surface area is 129 Å². The van der Waals surface area contributed by atoms with Crippen LogP contribution < -0.4 is 0 Å². The van der Waals surface area contributed by atoms with Gasteiger partial charge in [0.15, 0.2) is 5.82 Å². The SMILES string of the molecule is CC(C)(C)n1c(-c2ncccc2Br)nnc1S(=O)(=O)Cl. The van der Waals surface area contributed by atoms with Crippen molar-refractivity contribution in [3.63, 3.8) is 0 Å². The number of nitrogens with zero attached hydrogens (tertiary/aromatic N) is 4. The lowest BCUT2D eigenvalue weighted by atomic mass is 10.1. The average molecular weight is 380 g/mol. The zero-order chi connectivity index (χ0) is 15.1. The predicted octanol–water partition coefficient (Wildman–Crippen LogP) is 2.79. The molecule has 20 heavy (non-hydrogen) atoms. The summed E-state index contributed by atoms with van der Waals surface area (Å²) in [4.78, 5) is 4.21. The molecule has 0 aliphatic carbocycles. The van der Waals surface area contributed by atoms with Crippen LogP contribution in [0.1, 0.15) is 20.8 Å². The van der Waals surface area contributed by atoms with Gasteiger partial charge in [0.25, 0.3) is 14.2 Å². The molecule has 0 N–H and O–H groups in total. The van der Waals surface area contributed by atoms with Crippen LogP contribution in [-0.2, 0) is 14.6 Å². The second-order valence-corrected chi connectivity index (χ2v) is 8.40. The van der Waals surface area contributed by atoms with Gasteiger partial charge in [-0.2, -0.15) is 0 Å². The Balaban J connectivity index is 2.81. The molecular formula is C11H12BrClN4O2S. The molecule has 0 aromatic carbocycles. The fourth-order valence-electron chi connectivity index (χ4n) is 1.74. The van der Waals surface area contributed by atoms with E-state index >= 15 is 0 Å². The molecule has 0 aliphatic heterocycles. The van der Waals surface area contributed by atoms with Crippen LogP contribution in [0.15, 0.2) is 28.0 Å². The van der Waals surface area contributed by atoms with E-state index in [1.165, 1.54) is 4.57 Å². The summed E-state index contributed by atoms with van der Waals surface area (Å²) < 4.78 is 25.4. The van der Waals surface area contributed by atoms with Gasteiger partial charge < -0.3 is 0 Å². The first-order chi connectivity index (χ1) is 9.12. The average Bonchev–Trinajstić information content (AvgIpc) is 2.73. The van der Waals surface area contributed by atoms with Gasteiger partial charge in [0.05, 0.1) is 0 Å². The first-order valence-corrected chi connectivity index (χ1v) is 8.74. The number of halogens is 2. The Bertz CT molecular complexity index is 752. The number of hydrogen-bond acceptors (Lipinski definition) is 5. The van der Waals surface area contributed by atoms with Crippen LogP contribution in [-0.4, -0.2) is 28.2 Å². The molecule has 0 bridgehead atoms. The summed E-state index contributed by atoms with van der Waals surface area (Å²) in [6.45, 7) is 5.51. The van der Waals surface area contributed by atoms with Gasteiger partial charge in [-0.15, -0.1) is 10.2 Å². The molecule has 2 aromatic heterocycles. The molecule has 2 aromatic rings. The van der Waals surface area contributed by atoms with Crippen LogP contribution in [0.3, 0.4) is 0 Å². The Morgan fingerprint density at radius 2 is 1.95 bits per heavy atom. The first-order valence-electron chi connectivity index (χ1n) is 5.64. The summed E-state index contributed by atoms with van der Waals surface area (Å²) in [6.07, 6.45) is 1.59. The van der Waals surface area contributed by atoms with E-state index in [4.69, 9.17) is 10.7 Å². The van der Waals surface area contributed by atoms with Gasteiger partial charge >= 0.3 is 0 Å². The molecule has 0 saturated heterocycles. The number of pyridine rings is 1. The lowest BCUT2D eigenvalue weighted by molar-refractivity contribution is 0.366. The highest BCUT2D eigenvalue weighted by atomic mass is 79.9. The van der Waals surface area contributed by atoms with Crippen LogP contribution in [0.5, 0.6) is 0 Å². The van der Waals surface area contributed by atoms with Gasteiger partial charge in [0.2, 0.25) is 0 Å². The Morgan fingerprint density at radius 3 is 2.45 bits per heavy atom. The van der Waals surface area contributed by atoms with Gasteiger partial charge in [-0.05, 0) is 48.8 Å². The van der Waals surface area contributed by atoms with Gasteiger partial charge in [-0.3, -0.25) is 9.55 Å². The standard InChI is InChI=1S/C11H12BrClN4O2S/c1-11(2,3)17-9(8-7(12)5-4-6-14-8)15-16-10(17)20(13,18)19/h4-6H,1-3H3. The van der Waals surface area contributed by atoms with Crippen molar-refractivity contribution in [3.8, 4) is 11.5 Å². The fourth-order valence-corrected chi connectivity index (χ4v) is 3.18. The molecule has 6 nitrogen and oxygen atoms in total. The third kappa shape index (κ3) is 2.87. The van der Waals surface area contributed by atoms with E-state index in [1.54, 1.807) is 18.3 Å². The van der Waals surface area contributed by atoms with E-state index in [0.29, 0.717) is 16.0 Å². The minimum absolute atomic E-state index is 0.292. The molecule has 0 radical (unpaired) electrons. The highest BCUT2D eigenvalue weighted by molar-refractivity contribution is 9.10. The lowest BCUT2D eigenvalue weighted by Gasteiger charge is -2.23. The summed E-state index contributed by atoms with van der Waals surface area (Å²) in [5.74, 6) is 0.337. The Morgan fingerprint density at radius 1 is 1.30 bits per heavy atom. The van der Waals surface area contributed by atoms with Crippen LogP contribution in [0, 0.1) is 0 Å². The lowest BCUT2D eigenvalue weighted by Crippen LogP contribution is -2.26. The van der Waals surface area contributed by atoms with Crippen molar-refractivity contribution in [1.29, 1.82) is 0 Å². The second-order valence-electron chi connectivity index (χ2n) is 5.08. The predicted molar refractivity (Wildman–Crippen MR) is 79.0 cm³/mol. The monoisotopic (exact) mass is 378 g/mol. The van der Waals surface area contributed by atoms with Crippen LogP contribution in [0.4, 0.5) is 0 Å². The topological polar surface area (TPSA) is 77.7 Å². The van der Waals surface area contributed by atoms with E-state index in [-0.39, 0.29) is 5.16 Å². The van der Waals surface area contributed by atoms with E-state index in [9.17, 15) is 8.42 Å². The summed E-state index contributed by atoms with van der Waals surface area (Å²) in [5.41, 5.74) is -0.0749. The maximum absolute atomic E-state index is 11.6. The molecule has 2 heterocycles. The van der Waals surface area contributed by atoms with Crippen molar-refractivity contribution in [2.75, 3.05) is 0 Å². The smallest absolute Gasteiger partial charge is 0.290 e. The van der Waals surface area contributed by atoms with E-state index < -0.39 is 14.6 Å². The van der Waals surface area contributed by atoms with Crippen molar-refractivity contribution in [2.45, 2.75) is 31.5 Å². The Hall–Kier alpha value is -0.990. The zero-order valence-electron chi connectivity index (χ0n) is 11.0. The van der Waals surface area contributed by atoms with Crippen LogP contribution in [0.25, 0.3) is 11.5 Å². The molecule has 0 amide bonds. The van der Waals surface area contributed by atoms with Crippen molar-refractivity contribution >= 4 is 35.7 Å². The maximum atomic E-state index is 11.6. The molecule has 9 heteroatoms. The quantitative estimate of drug-likeness (QED) is 0.750. The van der Waals surface area contributed by atoms with Crippen LogP contribution in [0.2, 0.25) is 0 Å². The van der Waals surface area contributed by atoms with Crippen molar-refractivity contribution < 1.29 is 8.42 Å². The van der Waals surface area contributed by atoms with E-state index in [0.717, 1.165) is 0 Å². The molecule has 108 valence electrons. The van der Waals surface area contributed by atoms with Gasteiger partial charge in [0, 0.05) is 26.9 Å². The molecule has 0 fully saturated rings. The minimum atomic E-state index is -4.00. The third-order valence-electron chi connectivity index (χ3n) is 2.49. The summed E-state index contributed by atoms with van der Waals surface area (Å²) >= 11 is 3.37. The number of hydrogen-bond donors (Lipinski definition) is 0. The highest BCUT2D eigenvalue weighted by Gasteiger charge is 2.31. The molecular weight excluding hydrogens is 368 g/mol. The van der Waals surface area contributed by atoms with E-state index in [2.05, 4.69) is 31.1 Å². The molecule has 0 atom stereocenters. The van der Waals surface area contributed by atoms with Gasteiger partial charge in [-0.1, -0.05) is 0 Å².